The lowest BCUT2D eigenvalue weighted by molar-refractivity contribution is 0.0730. The highest BCUT2D eigenvalue weighted by Crippen LogP contribution is 2.43. The molecule has 34 heavy (non-hydrogen) atoms. The third-order valence-corrected chi connectivity index (χ3v) is 6.35. The number of aryl methyl sites for hydroxylation is 1. The molecule has 5 heteroatoms. The van der Waals surface area contributed by atoms with E-state index in [4.69, 9.17) is 4.74 Å². The molecule has 5 rings (SSSR count). The monoisotopic (exact) mass is 451 g/mol. The number of benzene rings is 3. The maximum atomic E-state index is 13.6. The number of fused-ring (bicyclic) bond motifs is 1. The van der Waals surface area contributed by atoms with E-state index in [0.29, 0.717) is 18.8 Å². The fourth-order valence-electron chi connectivity index (χ4n) is 4.50. The van der Waals surface area contributed by atoms with Crippen molar-refractivity contribution < 1.29 is 9.53 Å². The van der Waals surface area contributed by atoms with Crippen molar-refractivity contribution in [3.8, 4) is 17.0 Å². The van der Waals surface area contributed by atoms with Crippen molar-refractivity contribution in [1.29, 1.82) is 0 Å². The van der Waals surface area contributed by atoms with E-state index in [2.05, 4.69) is 72.6 Å². The molecule has 1 aliphatic rings. The number of rotatable bonds is 8. The molecule has 0 aliphatic carbocycles. The number of aromatic nitrogens is 2. The van der Waals surface area contributed by atoms with Gasteiger partial charge in [-0.05, 0) is 36.6 Å². The van der Waals surface area contributed by atoms with Crippen molar-refractivity contribution in [3.05, 3.63) is 107 Å². The quantitative estimate of drug-likeness (QED) is 0.319. The largest absolute Gasteiger partial charge is 0.494 e. The van der Waals surface area contributed by atoms with Gasteiger partial charge in [0.25, 0.3) is 5.91 Å². The molecule has 0 radical (unpaired) electrons. The van der Waals surface area contributed by atoms with E-state index >= 15 is 0 Å². The van der Waals surface area contributed by atoms with Crippen molar-refractivity contribution >= 4 is 5.91 Å². The van der Waals surface area contributed by atoms with Crippen LogP contribution in [0.1, 0.15) is 58.5 Å². The van der Waals surface area contributed by atoms with Crippen molar-refractivity contribution in [2.24, 2.45) is 0 Å². The van der Waals surface area contributed by atoms with Gasteiger partial charge in [-0.15, -0.1) is 0 Å². The van der Waals surface area contributed by atoms with E-state index in [1.165, 1.54) is 5.56 Å². The fourth-order valence-corrected chi connectivity index (χ4v) is 4.50. The second-order valence-corrected chi connectivity index (χ2v) is 8.82. The van der Waals surface area contributed by atoms with E-state index in [1.807, 2.05) is 35.2 Å². The third kappa shape index (κ3) is 4.21. The van der Waals surface area contributed by atoms with Crippen molar-refractivity contribution in [3.63, 3.8) is 0 Å². The Labute approximate surface area is 200 Å². The van der Waals surface area contributed by atoms with E-state index in [9.17, 15) is 4.79 Å². The van der Waals surface area contributed by atoms with Gasteiger partial charge in [-0.3, -0.25) is 9.89 Å². The lowest BCUT2D eigenvalue weighted by Crippen LogP contribution is -2.29. The first-order valence-electron chi connectivity index (χ1n) is 11.9. The molecule has 1 amide bonds. The van der Waals surface area contributed by atoms with Crippen molar-refractivity contribution in [2.75, 3.05) is 6.61 Å². The maximum Gasteiger partial charge on any atom is 0.273 e. The van der Waals surface area contributed by atoms with Gasteiger partial charge in [0.1, 0.15) is 11.4 Å². The standard InChI is InChI=1S/C29H29N3O2/c1-3-4-18-34-24-16-14-23(15-17-24)28-25-26(22-12-10-20(2)11-13-22)30-31-27(25)29(33)32(28)19-21-8-6-5-7-9-21/h5-17,28H,3-4,18-19H2,1-2H3,(H,30,31). The van der Waals surface area contributed by atoms with Crippen LogP contribution in [0.3, 0.4) is 0 Å². The minimum absolute atomic E-state index is 0.0296. The highest BCUT2D eigenvalue weighted by Gasteiger charge is 2.42. The van der Waals surface area contributed by atoms with E-state index in [1.54, 1.807) is 0 Å². The van der Waals surface area contributed by atoms with Gasteiger partial charge in [0.2, 0.25) is 0 Å². The summed E-state index contributed by atoms with van der Waals surface area (Å²) in [5.41, 5.74) is 6.65. The summed E-state index contributed by atoms with van der Waals surface area (Å²) in [6.45, 7) is 5.45. The fraction of sp³-hybridized carbons (Fsp3) is 0.241. The van der Waals surface area contributed by atoms with Crippen LogP contribution in [-0.4, -0.2) is 27.6 Å². The van der Waals surface area contributed by atoms with Gasteiger partial charge in [0.15, 0.2) is 0 Å². The normalized spacial score (nSPS) is 14.9. The first-order chi connectivity index (χ1) is 16.7. The summed E-state index contributed by atoms with van der Waals surface area (Å²) in [6.07, 6.45) is 2.13. The summed E-state index contributed by atoms with van der Waals surface area (Å²) in [6, 6.07) is 26.3. The Morgan fingerprint density at radius 2 is 1.71 bits per heavy atom. The molecular formula is C29H29N3O2. The van der Waals surface area contributed by atoms with Gasteiger partial charge in [-0.2, -0.15) is 5.10 Å². The maximum absolute atomic E-state index is 13.6. The van der Waals surface area contributed by atoms with Crippen LogP contribution in [0.2, 0.25) is 0 Å². The Kier molecular flexibility index (Phi) is 6.17. The van der Waals surface area contributed by atoms with Gasteiger partial charge in [-0.1, -0.05) is 85.6 Å². The van der Waals surface area contributed by atoms with E-state index in [0.717, 1.165) is 46.5 Å². The highest BCUT2D eigenvalue weighted by atomic mass is 16.5. The van der Waals surface area contributed by atoms with Crippen LogP contribution in [0, 0.1) is 6.92 Å². The number of ether oxygens (including phenoxy) is 1. The van der Waals surface area contributed by atoms with Crippen LogP contribution in [-0.2, 0) is 6.54 Å². The molecule has 1 aliphatic heterocycles. The molecule has 0 spiro atoms. The Bertz CT molecular complexity index is 1260. The number of hydrogen-bond acceptors (Lipinski definition) is 3. The summed E-state index contributed by atoms with van der Waals surface area (Å²) in [7, 11) is 0. The zero-order valence-corrected chi connectivity index (χ0v) is 19.6. The average Bonchev–Trinajstić information content (AvgIpc) is 3.40. The van der Waals surface area contributed by atoms with E-state index in [-0.39, 0.29) is 11.9 Å². The van der Waals surface area contributed by atoms with Crippen molar-refractivity contribution in [2.45, 2.75) is 39.3 Å². The van der Waals surface area contributed by atoms with Gasteiger partial charge < -0.3 is 9.64 Å². The lowest BCUT2D eigenvalue weighted by atomic mass is 9.95. The van der Waals surface area contributed by atoms with Crippen LogP contribution in [0.5, 0.6) is 5.75 Å². The van der Waals surface area contributed by atoms with Crippen LogP contribution in [0.4, 0.5) is 0 Å². The minimum Gasteiger partial charge on any atom is -0.494 e. The number of hydrogen-bond donors (Lipinski definition) is 1. The number of H-pyrrole nitrogens is 1. The van der Waals surface area contributed by atoms with Gasteiger partial charge >= 0.3 is 0 Å². The number of amides is 1. The second-order valence-electron chi connectivity index (χ2n) is 8.82. The predicted molar refractivity (Wildman–Crippen MR) is 134 cm³/mol. The molecule has 1 atom stereocenters. The molecule has 0 saturated heterocycles. The van der Waals surface area contributed by atoms with Crippen molar-refractivity contribution in [1.82, 2.24) is 15.1 Å². The number of carbonyl (C=O) groups is 1. The summed E-state index contributed by atoms with van der Waals surface area (Å²) in [5, 5.41) is 7.62. The van der Waals surface area contributed by atoms with Gasteiger partial charge in [0, 0.05) is 17.7 Å². The molecule has 3 aromatic carbocycles. The second kappa shape index (κ2) is 9.56. The number of nitrogens with zero attached hydrogens (tertiary/aromatic N) is 2. The van der Waals surface area contributed by atoms with Crippen LogP contribution >= 0.6 is 0 Å². The molecule has 1 N–H and O–H groups in total. The Balaban J connectivity index is 1.55. The summed E-state index contributed by atoms with van der Waals surface area (Å²) in [5.74, 6) is 0.820. The van der Waals surface area contributed by atoms with E-state index < -0.39 is 0 Å². The van der Waals surface area contributed by atoms with Crippen LogP contribution < -0.4 is 4.74 Å². The molecule has 172 valence electrons. The molecule has 4 aromatic rings. The molecular weight excluding hydrogens is 422 g/mol. The SMILES string of the molecule is CCCCOc1ccc(C2c3c(-c4ccc(C)cc4)n[nH]c3C(=O)N2Cc2ccccc2)cc1. The summed E-state index contributed by atoms with van der Waals surface area (Å²) in [4.78, 5) is 15.5. The topological polar surface area (TPSA) is 58.2 Å². The molecule has 1 unspecified atom stereocenters. The molecule has 2 heterocycles. The smallest absolute Gasteiger partial charge is 0.273 e. The Morgan fingerprint density at radius 3 is 2.41 bits per heavy atom. The first-order valence-corrected chi connectivity index (χ1v) is 11.9. The van der Waals surface area contributed by atoms with Gasteiger partial charge in [0.05, 0.1) is 18.3 Å². The number of aromatic amines is 1. The number of nitrogens with one attached hydrogen (secondary N) is 1. The number of unbranched alkanes of at least 4 members (excludes halogenated alkanes) is 1. The summed E-state index contributed by atoms with van der Waals surface area (Å²) < 4.78 is 5.87. The molecule has 1 aromatic heterocycles. The summed E-state index contributed by atoms with van der Waals surface area (Å²) >= 11 is 0. The number of carbonyl (C=O) groups excluding carboxylic acids is 1. The highest BCUT2D eigenvalue weighted by molar-refractivity contribution is 6.00. The zero-order chi connectivity index (χ0) is 23.5. The van der Waals surface area contributed by atoms with Crippen LogP contribution in [0.25, 0.3) is 11.3 Å². The zero-order valence-electron chi connectivity index (χ0n) is 19.6. The lowest BCUT2D eigenvalue weighted by Gasteiger charge is -2.26. The first kappa shape index (κ1) is 22.0. The molecule has 0 fully saturated rings. The average molecular weight is 452 g/mol. The third-order valence-electron chi connectivity index (χ3n) is 6.35. The predicted octanol–water partition coefficient (Wildman–Crippen LogP) is 6.31. The Hall–Kier alpha value is -3.86. The molecule has 0 saturated carbocycles. The molecule has 0 bridgehead atoms. The minimum atomic E-state index is -0.234. The van der Waals surface area contributed by atoms with Crippen LogP contribution in [0.15, 0.2) is 78.9 Å². The molecule has 5 nitrogen and oxygen atoms in total. The Morgan fingerprint density at radius 1 is 0.971 bits per heavy atom. The van der Waals surface area contributed by atoms with Gasteiger partial charge in [-0.25, -0.2) is 0 Å².